The molecule has 0 saturated carbocycles. The Labute approximate surface area is 132 Å². The van der Waals surface area contributed by atoms with Gasteiger partial charge in [-0.25, -0.2) is 0 Å². The first-order chi connectivity index (χ1) is 10.6. The van der Waals surface area contributed by atoms with Crippen LogP contribution in [0.5, 0.6) is 5.75 Å². The van der Waals surface area contributed by atoms with E-state index < -0.39 is 6.10 Å². The molecule has 3 nitrogen and oxygen atoms in total. The highest BCUT2D eigenvalue weighted by atomic mass is 16.5. The normalized spacial score (nSPS) is 13.2. The molecule has 2 aromatic carbocycles. The van der Waals surface area contributed by atoms with Crippen molar-refractivity contribution in [1.82, 2.24) is 5.32 Å². The van der Waals surface area contributed by atoms with Gasteiger partial charge in [0.15, 0.2) is 6.10 Å². The first kappa shape index (κ1) is 16.1. The van der Waals surface area contributed by atoms with Crippen LogP contribution < -0.4 is 10.1 Å². The first-order valence-corrected chi connectivity index (χ1v) is 7.68. The molecule has 3 heteroatoms. The zero-order valence-electron chi connectivity index (χ0n) is 13.4. The Morgan fingerprint density at radius 1 is 1.09 bits per heavy atom. The molecule has 22 heavy (non-hydrogen) atoms. The minimum Gasteiger partial charge on any atom is -0.481 e. The average Bonchev–Trinajstić information content (AvgIpc) is 2.54. The lowest BCUT2D eigenvalue weighted by Crippen LogP contribution is -2.38. The third kappa shape index (κ3) is 4.35. The Balaban J connectivity index is 1.98. The van der Waals surface area contributed by atoms with Crippen molar-refractivity contribution in [3.63, 3.8) is 0 Å². The SMILES string of the molecule is CC[C@H](NC(=O)[C@H](C)Oc1ccccc1)c1ccc(C)cc1. The van der Waals surface area contributed by atoms with Crippen molar-refractivity contribution in [1.29, 1.82) is 0 Å². The Hall–Kier alpha value is -2.29. The zero-order valence-corrected chi connectivity index (χ0v) is 13.4. The summed E-state index contributed by atoms with van der Waals surface area (Å²) in [6.07, 6.45) is 0.314. The number of hydrogen-bond donors (Lipinski definition) is 1. The van der Waals surface area contributed by atoms with Crippen molar-refractivity contribution in [2.24, 2.45) is 0 Å². The van der Waals surface area contributed by atoms with Gasteiger partial charge >= 0.3 is 0 Å². The molecule has 2 rings (SSSR count). The molecule has 0 aliphatic heterocycles. The molecule has 0 unspecified atom stereocenters. The van der Waals surface area contributed by atoms with Gasteiger partial charge in [-0.2, -0.15) is 0 Å². The maximum Gasteiger partial charge on any atom is 0.261 e. The molecule has 0 heterocycles. The number of benzene rings is 2. The molecule has 1 amide bonds. The molecular formula is C19H23NO2. The molecule has 116 valence electrons. The highest BCUT2D eigenvalue weighted by Gasteiger charge is 2.19. The summed E-state index contributed by atoms with van der Waals surface area (Å²) < 4.78 is 5.66. The van der Waals surface area contributed by atoms with Crippen molar-refractivity contribution in [2.45, 2.75) is 39.3 Å². The molecule has 1 N–H and O–H groups in total. The third-order valence-electron chi connectivity index (χ3n) is 3.63. The van der Waals surface area contributed by atoms with Gasteiger partial charge in [0.2, 0.25) is 0 Å². The van der Waals surface area contributed by atoms with Crippen molar-refractivity contribution in [3.05, 3.63) is 65.7 Å². The van der Waals surface area contributed by atoms with Gasteiger partial charge in [0, 0.05) is 0 Å². The van der Waals surface area contributed by atoms with Crippen molar-refractivity contribution in [3.8, 4) is 5.75 Å². The van der Waals surface area contributed by atoms with Gasteiger partial charge in [-0.05, 0) is 38.0 Å². The smallest absolute Gasteiger partial charge is 0.261 e. The standard InChI is InChI=1S/C19H23NO2/c1-4-18(16-12-10-14(2)11-13-16)20-19(21)15(3)22-17-8-6-5-7-9-17/h5-13,15,18H,4H2,1-3H3,(H,20,21)/t15-,18-/m0/s1. The van der Waals surface area contributed by atoms with Crippen LogP contribution in [0.3, 0.4) is 0 Å². The van der Waals surface area contributed by atoms with Crippen LogP contribution in [0.4, 0.5) is 0 Å². The van der Waals surface area contributed by atoms with E-state index in [-0.39, 0.29) is 11.9 Å². The van der Waals surface area contributed by atoms with Gasteiger partial charge in [-0.3, -0.25) is 4.79 Å². The Kier molecular flexibility index (Phi) is 5.59. The van der Waals surface area contributed by atoms with Crippen LogP contribution in [0.15, 0.2) is 54.6 Å². The molecule has 0 saturated heterocycles. The molecule has 0 spiro atoms. The Bertz CT molecular complexity index is 593. The van der Waals surface area contributed by atoms with E-state index in [9.17, 15) is 4.79 Å². The molecular weight excluding hydrogens is 274 g/mol. The van der Waals surface area contributed by atoms with Gasteiger partial charge in [-0.15, -0.1) is 0 Å². The van der Waals surface area contributed by atoms with Crippen LogP contribution in [-0.2, 0) is 4.79 Å². The summed E-state index contributed by atoms with van der Waals surface area (Å²) in [5.74, 6) is 0.602. The van der Waals surface area contributed by atoms with Crippen LogP contribution in [0.2, 0.25) is 0 Å². The van der Waals surface area contributed by atoms with E-state index in [4.69, 9.17) is 4.74 Å². The van der Waals surface area contributed by atoms with Crippen LogP contribution in [-0.4, -0.2) is 12.0 Å². The number of para-hydroxylation sites is 1. The maximum atomic E-state index is 12.3. The summed E-state index contributed by atoms with van der Waals surface area (Å²) in [5, 5.41) is 3.06. The largest absolute Gasteiger partial charge is 0.481 e. The highest BCUT2D eigenvalue weighted by molar-refractivity contribution is 5.81. The number of carbonyl (C=O) groups excluding carboxylic acids is 1. The van der Waals surface area contributed by atoms with Gasteiger partial charge in [-0.1, -0.05) is 55.0 Å². The fourth-order valence-corrected chi connectivity index (χ4v) is 2.27. The number of rotatable bonds is 6. The van der Waals surface area contributed by atoms with E-state index in [1.165, 1.54) is 5.56 Å². The number of ether oxygens (including phenoxy) is 1. The molecule has 0 bridgehead atoms. The topological polar surface area (TPSA) is 38.3 Å². The van der Waals surface area contributed by atoms with E-state index >= 15 is 0 Å². The Morgan fingerprint density at radius 3 is 2.32 bits per heavy atom. The second-order valence-electron chi connectivity index (χ2n) is 5.45. The number of carbonyl (C=O) groups is 1. The first-order valence-electron chi connectivity index (χ1n) is 7.68. The summed E-state index contributed by atoms with van der Waals surface area (Å²) in [6.45, 7) is 5.89. The quantitative estimate of drug-likeness (QED) is 0.874. The van der Waals surface area contributed by atoms with E-state index in [1.54, 1.807) is 6.92 Å². The van der Waals surface area contributed by atoms with Crippen molar-refractivity contribution >= 4 is 5.91 Å². The Morgan fingerprint density at radius 2 is 1.73 bits per heavy atom. The van der Waals surface area contributed by atoms with E-state index in [2.05, 4.69) is 43.4 Å². The zero-order chi connectivity index (χ0) is 15.9. The minimum atomic E-state index is -0.526. The maximum absolute atomic E-state index is 12.3. The van der Waals surface area contributed by atoms with Gasteiger partial charge < -0.3 is 10.1 Å². The van der Waals surface area contributed by atoms with Gasteiger partial charge in [0.1, 0.15) is 5.75 Å². The lowest BCUT2D eigenvalue weighted by Gasteiger charge is -2.21. The van der Waals surface area contributed by atoms with Crippen LogP contribution >= 0.6 is 0 Å². The second kappa shape index (κ2) is 7.64. The molecule has 2 aromatic rings. The number of aryl methyl sites for hydroxylation is 1. The summed E-state index contributed by atoms with van der Waals surface area (Å²) >= 11 is 0. The van der Waals surface area contributed by atoms with E-state index in [0.29, 0.717) is 5.75 Å². The summed E-state index contributed by atoms with van der Waals surface area (Å²) in [5.41, 5.74) is 2.33. The van der Waals surface area contributed by atoms with Crippen molar-refractivity contribution in [2.75, 3.05) is 0 Å². The van der Waals surface area contributed by atoms with E-state index in [1.807, 2.05) is 30.3 Å². The lowest BCUT2D eigenvalue weighted by molar-refractivity contribution is -0.128. The number of hydrogen-bond acceptors (Lipinski definition) is 2. The van der Waals surface area contributed by atoms with Crippen LogP contribution in [0.1, 0.15) is 37.4 Å². The molecule has 0 aliphatic rings. The fraction of sp³-hybridized carbons (Fsp3) is 0.316. The third-order valence-corrected chi connectivity index (χ3v) is 3.63. The van der Waals surface area contributed by atoms with Crippen LogP contribution in [0.25, 0.3) is 0 Å². The summed E-state index contributed by atoms with van der Waals surface area (Å²) in [6, 6.07) is 17.7. The lowest BCUT2D eigenvalue weighted by atomic mass is 10.0. The van der Waals surface area contributed by atoms with Crippen LogP contribution in [0, 0.1) is 6.92 Å². The fourth-order valence-electron chi connectivity index (χ4n) is 2.27. The predicted molar refractivity (Wildman–Crippen MR) is 88.9 cm³/mol. The van der Waals surface area contributed by atoms with Gasteiger partial charge in [0.25, 0.3) is 5.91 Å². The number of nitrogens with one attached hydrogen (secondary N) is 1. The number of amides is 1. The average molecular weight is 297 g/mol. The second-order valence-corrected chi connectivity index (χ2v) is 5.45. The summed E-state index contributed by atoms with van der Waals surface area (Å²) in [4.78, 5) is 12.3. The van der Waals surface area contributed by atoms with Crippen molar-refractivity contribution < 1.29 is 9.53 Å². The molecule has 0 aromatic heterocycles. The summed E-state index contributed by atoms with van der Waals surface area (Å²) in [7, 11) is 0. The highest BCUT2D eigenvalue weighted by Crippen LogP contribution is 2.18. The molecule has 0 aliphatic carbocycles. The minimum absolute atomic E-state index is 0.00919. The monoisotopic (exact) mass is 297 g/mol. The molecule has 0 radical (unpaired) electrons. The van der Waals surface area contributed by atoms with E-state index in [0.717, 1.165) is 12.0 Å². The van der Waals surface area contributed by atoms with Gasteiger partial charge in [0.05, 0.1) is 6.04 Å². The molecule has 0 fully saturated rings. The predicted octanol–water partition coefficient (Wildman–Crippen LogP) is 4.03. The molecule has 2 atom stereocenters.